The first-order chi connectivity index (χ1) is 23.3. The molecule has 0 amide bonds. The number of furan rings is 1. The number of fused-ring (bicyclic) bond motifs is 5. The van der Waals surface area contributed by atoms with E-state index in [1.54, 1.807) is 0 Å². The largest absolute Gasteiger partial charge is 0.455 e. The first kappa shape index (κ1) is 27.0. The van der Waals surface area contributed by atoms with Crippen LogP contribution in [0.3, 0.4) is 0 Å². The minimum Gasteiger partial charge on any atom is -0.455 e. The maximum absolute atomic E-state index is 6.64. The number of aromatic nitrogens is 3. The molecule has 9 aromatic rings. The SMILES string of the molecule is c1ccc(-c2ccc(-c3cccc4oc5c6ccccc6c(-c6nc(-c7ccccc7)nc(-c7ccccc7)n6)cc5c34)cc2)cc1. The van der Waals surface area contributed by atoms with Crippen LogP contribution in [0.4, 0.5) is 0 Å². The van der Waals surface area contributed by atoms with Gasteiger partial charge in [0.2, 0.25) is 0 Å². The monoisotopic (exact) mass is 601 g/mol. The van der Waals surface area contributed by atoms with Gasteiger partial charge in [0, 0.05) is 32.8 Å². The van der Waals surface area contributed by atoms with Crippen molar-refractivity contribution in [3.63, 3.8) is 0 Å². The zero-order valence-corrected chi connectivity index (χ0v) is 25.3. The van der Waals surface area contributed by atoms with E-state index < -0.39 is 0 Å². The van der Waals surface area contributed by atoms with Crippen LogP contribution in [-0.4, -0.2) is 15.0 Å². The molecule has 0 unspecified atom stereocenters. The summed E-state index contributed by atoms with van der Waals surface area (Å²) in [5.41, 5.74) is 9.14. The summed E-state index contributed by atoms with van der Waals surface area (Å²) >= 11 is 0. The summed E-state index contributed by atoms with van der Waals surface area (Å²) in [7, 11) is 0. The molecular formula is C43H27N3O. The molecule has 0 N–H and O–H groups in total. The third kappa shape index (κ3) is 4.75. The van der Waals surface area contributed by atoms with E-state index in [1.165, 1.54) is 11.1 Å². The van der Waals surface area contributed by atoms with E-state index in [0.717, 1.165) is 60.5 Å². The van der Waals surface area contributed by atoms with Gasteiger partial charge < -0.3 is 4.42 Å². The van der Waals surface area contributed by atoms with Crippen LogP contribution in [0.25, 0.3) is 89.1 Å². The third-order valence-electron chi connectivity index (χ3n) is 8.75. The van der Waals surface area contributed by atoms with Crippen molar-refractivity contribution in [1.82, 2.24) is 15.0 Å². The van der Waals surface area contributed by atoms with Gasteiger partial charge in [0.25, 0.3) is 0 Å². The van der Waals surface area contributed by atoms with Gasteiger partial charge in [0.15, 0.2) is 17.5 Å². The Kier molecular flexibility index (Phi) is 6.43. The average Bonchev–Trinajstić information content (AvgIpc) is 3.55. The zero-order chi connectivity index (χ0) is 31.2. The average molecular weight is 602 g/mol. The molecule has 47 heavy (non-hydrogen) atoms. The minimum absolute atomic E-state index is 0.620. The van der Waals surface area contributed by atoms with Gasteiger partial charge in [-0.15, -0.1) is 0 Å². The molecule has 220 valence electrons. The molecule has 0 atom stereocenters. The third-order valence-corrected chi connectivity index (χ3v) is 8.75. The lowest BCUT2D eigenvalue weighted by Crippen LogP contribution is -2.00. The van der Waals surface area contributed by atoms with Crippen LogP contribution in [0.15, 0.2) is 168 Å². The highest BCUT2D eigenvalue weighted by Crippen LogP contribution is 2.43. The minimum atomic E-state index is 0.620. The molecule has 0 bridgehead atoms. The van der Waals surface area contributed by atoms with Crippen LogP contribution in [0.2, 0.25) is 0 Å². The normalized spacial score (nSPS) is 11.4. The summed E-state index contributed by atoms with van der Waals surface area (Å²) in [5.74, 6) is 1.89. The molecule has 0 saturated heterocycles. The Balaban J connectivity index is 1.29. The molecule has 2 aromatic heterocycles. The van der Waals surface area contributed by atoms with Gasteiger partial charge in [-0.25, -0.2) is 15.0 Å². The summed E-state index contributed by atoms with van der Waals surface area (Å²) in [4.78, 5) is 15.1. The molecule has 0 saturated carbocycles. The maximum atomic E-state index is 6.64. The molecule has 9 rings (SSSR count). The Bertz CT molecular complexity index is 2480. The fourth-order valence-corrected chi connectivity index (χ4v) is 6.48. The topological polar surface area (TPSA) is 51.8 Å². The van der Waals surface area contributed by atoms with Crippen molar-refractivity contribution in [3.05, 3.63) is 164 Å². The van der Waals surface area contributed by atoms with Crippen LogP contribution in [-0.2, 0) is 0 Å². The van der Waals surface area contributed by atoms with Crippen LogP contribution in [0.5, 0.6) is 0 Å². The lowest BCUT2D eigenvalue weighted by Gasteiger charge is -2.11. The standard InChI is InChI=1S/C43H27N3O/c1-4-13-28(14-5-1)29-23-25-30(26-24-29)33-21-12-22-38-39(33)37-27-36(34-19-10-11-20-35(34)40(37)47-38)43-45-41(31-15-6-2-7-16-31)44-42(46-43)32-17-8-3-9-18-32/h1-27H. The molecule has 7 aromatic carbocycles. The number of nitrogens with zero attached hydrogens (tertiary/aromatic N) is 3. The second-order valence-corrected chi connectivity index (χ2v) is 11.6. The highest BCUT2D eigenvalue weighted by molar-refractivity contribution is 6.21. The van der Waals surface area contributed by atoms with E-state index in [0.29, 0.717) is 17.5 Å². The number of rotatable bonds is 5. The van der Waals surface area contributed by atoms with Crippen molar-refractivity contribution in [1.29, 1.82) is 0 Å². The van der Waals surface area contributed by atoms with Gasteiger partial charge >= 0.3 is 0 Å². The predicted molar refractivity (Wildman–Crippen MR) is 192 cm³/mol. The van der Waals surface area contributed by atoms with E-state index >= 15 is 0 Å². The summed E-state index contributed by atoms with van der Waals surface area (Å²) in [6.45, 7) is 0. The Morgan fingerprint density at radius 2 is 0.851 bits per heavy atom. The van der Waals surface area contributed by atoms with Gasteiger partial charge in [-0.3, -0.25) is 0 Å². The molecule has 2 heterocycles. The Morgan fingerprint density at radius 3 is 1.49 bits per heavy atom. The molecule has 0 aliphatic carbocycles. The van der Waals surface area contributed by atoms with Crippen molar-refractivity contribution in [2.45, 2.75) is 0 Å². The van der Waals surface area contributed by atoms with E-state index in [-0.39, 0.29) is 0 Å². The molecule has 0 aliphatic heterocycles. The molecule has 0 radical (unpaired) electrons. The Hall–Kier alpha value is -6.39. The Labute approximate surface area is 271 Å². The highest BCUT2D eigenvalue weighted by atomic mass is 16.3. The summed E-state index contributed by atoms with van der Waals surface area (Å²) in [5, 5.41) is 4.14. The maximum Gasteiger partial charge on any atom is 0.164 e. The van der Waals surface area contributed by atoms with Gasteiger partial charge in [0.05, 0.1) is 0 Å². The van der Waals surface area contributed by atoms with Crippen molar-refractivity contribution >= 4 is 32.7 Å². The lowest BCUT2D eigenvalue weighted by molar-refractivity contribution is 0.673. The van der Waals surface area contributed by atoms with Crippen molar-refractivity contribution in [2.24, 2.45) is 0 Å². The van der Waals surface area contributed by atoms with Crippen LogP contribution in [0.1, 0.15) is 0 Å². The first-order valence-corrected chi connectivity index (χ1v) is 15.7. The van der Waals surface area contributed by atoms with Gasteiger partial charge in [-0.05, 0) is 39.8 Å². The molecular weight excluding hydrogens is 574 g/mol. The highest BCUT2D eigenvalue weighted by Gasteiger charge is 2.20. The second-order valence-electron chi connectivity index (χ2n) is 11.6. The summed E-state index contributed by atoms with van der Waals surface area (Å²) in [6, 6.07) is 56.3. The van der Waals surface area contributed by atoms with Crippen molar-refractivity contribution in [2.75, 3.05) is 0 Å². The lowest BCUT2D eigenvalue weighted by atomic mass is 9.94. The van der Waals surface area contributed by atoms with Crippen LogP contribution < -0.4 is 0 Å². The van der Waals surface area contributed by atoms with Gasteiger partial charge in [-0.2, -0.15) is 0 Å². The molecule has 4 heteroatoms. The van der Waals surface area contributed by atoms with Gasteiger partial charge in [0.1, 0.15) is 11.2 Å². The van der Waals surface area contributed by atoms with Crippen molar-refractivity contribution < 1.29 is 4.42 Å². The van der Waals surface area contributed by atoms with E-state index in [9.17, 15) is 0 Å². The molecule has 4 nitrogen and oxygen atoms in total. The number of hydrogen-bond donors (Lipinski definition) is 0. The smallest absolute Gasteiger partial charge is 0.164 e. The summed E-state index contributed by atoms with van der Waals surface area (Å²) in [6.07, 6.45) is 0. The molecule has 0 fully saturated rings. The fourth-order valence-electron chi connectivity index (χ4n) is 6.48. The quantitative estimate of drug-likeness (QED) is 0.197. The zero-order valence-electron chi connectivity index (χ0n) is 25.3. The van der Waals surface area contributed by atoms with Gasteiger partial charge in [-0.1, -0.05) is 152 Å². The fraction of sp³-hybridized carbons (Fsp3) is 0. The number of hydrogen-bond acceptors (Lipinski definition) is 4. The first-order valence-electron chi connectivity index (χ1n) is 15.7. The van der Waals surface area contributed by atoms with Crippen LogP contribution in [0, 0.1) is 0 Å². The molecule has 0 aliphatic rings. The second kappa shape index (κ2) is 11.2. The summed E-state index contributed by atoms with van der Waals surface area (Å²) < 4.78 is 6.64. The van der Waals surface area contributed by atoms with E-state index in [1.807, 2.05) is 66.7 Å². The van der Waals surface area contributed by atoms with E-state index in [4.69, 9.17) is 19.4 Å². The predicted octanol–water partition coefficient (Wildman–Crippen LogP) is 11.3. The van der Waals surface area contributed by atoms with Crippen molar-refractivity contribution in [3.8, 4) is 56.4 Å². The van der Waals surface area contributed by atoms with Crippen LogP contribution >= 0.6 is 0 Å². The Morgan fingerprint density at radius 1 is 0.340 bits per heavy atom. The molecule has 0 spiro atoms. The number of benzene rings is 7. The van der Waals surface area contributed by atoms with E-state index in [2.05, 4.69) is 97.1 Å².